The van der Waals surface area contributed by atoms with Gasteiger partial charge in [-0.2, -0.15) is 4.31 Å². The zero-order chi connectivity index (χ0) is 18.7. The maximum absolute atomic E-state index is 12.3. The van der Waals surface area contributed by atoms with Gasteiger partial charge in [-0.05, 0) is 37.6 Å². The van der Waals surface area contributed by atoms with Crippen molar-refractivity contribution in [2.75, 3.05) is 39.1 Å². The van der Waals surface area contributed by atoms with Crippen LogP contribution < -0.4 is 9.46 Å². The molecule has 0 aliphatic carbocycles. The van der Waals surface area contributed by atoms with E-state index >= 15 is 0 Å². The van der Waals surface area contributed by atoms with Crippen molar-refractivity contribution in [3.05, 3.63) is 23.8 Å². The van der Waals surface area contributed by atoms with Gasteiger partial charge in [0.25, 0.3) is 0 Å². The van der Waals surface area contributed by atoms with E-state index in [0.29, 0.717) is 17.9 Å². The van der Waals surface area contributed by atoms with Crippen molar-refractivity contribution in [1.82, 2.24) is 9.03 Å². The van der Waals surface area contributed by atoms with Gasteiger partial charge in [0.05, 0.1) is 30.5 Å². The number of methoxy groups -OCH3 is 1. The van der Waals surface area contributed by atoms with Crippen LogP contribution in [0.2, 0.25) is 0 Å². The monoisotopic (exact) mass is 392 g/mol. The molecule has 1 aromatic carbocycles. The number of benzene rings is 1. The van der Waals surface area contributed by atoms with Crippen molar-refractivity contribution in [2.45, 2.75) is 24.8 Å². The maximum Gasteiger partial charge on any atom is 0.240 e. The summed E-state index contributed by atoms with van der Waals surface area (Å²) in [5, 5.41) is 0. The summed E-state index contributed by atoms with van der Waals surface area (Å²) >= 11 is 0. The fourth-order valence-electron chi connectivity index (χ4n) is 2.57. The second kappa shape index (κ2) is 8.00. The first-order valence-electron chi connectivity index (χ1n) is 7.89. The highest BCUT2D eigenvalue weighted by Crippen LogP contribution is 2.21. The van der Waals surface area contributed by atoms with E-state index in [1.807, 2.05) is 0 Å². The van der Waals surface area contributed by atoms with E-state index in [2.05, 4.69) is 4.72 Å². The van der Waals surface area contributed by atoms with E-state index in [4.69, 9.17) is 9.47 Å². The lowest BCUT2D eigenvalue weighted by molar-refractivity contribution is 0.0102. The summed E-state index contributed by atoms with van der Waals surface area (Å²) in [6.07, 6.45) is -0.164. The lowest BCUT2D eigenvalue weighted by Gasteiger charge is -2.30. The molecule has 1 heterocycles. The Balaban J connectivity index is 1.99. The molecule has 0 amide bonds. The molecule has 10 heteroatoms. The number of aryl methyl sites for hydroxylation is 1. The summed E-state index contributed by atoms with van der Waals surface area (Å²) in [6, 6.07) is 4.47. The van der Waals surface area contributed by atoms with E-state index in [1.54, 1.807) is 19.9 Å². The molecule has 142 valence electrons. The van der Waals surface area contributed by atoms with Crippen molar-refractivity contribution in [3.63, 3.8) is 0 Å². The number of rotatable bonds is 7. The lowest BCUT2D eigenvalue weighted by atomic mass is 10.2. The number of ether oxygens (including phenoxy) is 2. The fraction of sp³-hybridized carbons (Fsp3) is 0.600. The Morgan fingerprint density at radius 1 is 1.32 bits per heavy atom. The predicted octanol–water partition coefficient (Wildman–Crippen LogP) is 0.332. The molecule has 1 aliphatic heterocycles. The molecule has 1 unspecified atom stereocenters. The molecule has 0 aromatic heterocycles. The van der Waals surface area contributed by atoms with Crippen molar-refractivity contribution in [1.29, 1.82) is 0 Å². The second-order valence-corrected chi connectivity index (χ2v) is 9.74. The molecular weight excluding hydrogens is 368 g/mol. The van der Waals surface area contributed by atoms with Gasteiger partial charge in [0.15, 0.2) is 0 Å². The minimum absolute atomic E-state index is 0.0724. The molecule has 1 atom stereocenters. The highest BCUT2D eigenvalue weighted by molar-refractivity contribution is 7.90. The van der Waals surface area contributed by atoms with Gasteiger partial charge in [0.2, 0.25) is 20.0 Å². The minimum Gasteiger partial charge on any atom is -0.496 e. The Hall–Kier alpha value is -1.20. The normalized spacial score (nSPS) is 19.7. The van der Waals surface area contributed by atoms with Crippen LogP contribution in [0, 0.1) is 6.92 Å². The first-order chi connectivity index (χ1) is 11.7. The average Bonchev–Trinajstić information content (AvgIpc) is 2.54. The standard InChI is InChI=1S/C15H24N2O6S2/c1-12-10-14(4-5-15(12)22-3)25(20,21)16-6-9-24(18,19)17-7-8-23-13(2)11-17/h4-5,10,13,16H,6-9,11H2,1-3H3. The number of nitrogens with zero attached hydrogens (tertiary/aromatic N) is 1. The molecular formula is C15H24N2O6S2. The summed E-state index contributed by atoms with van der Waals surface area (Å²) in [5.74, 6) is 0.289. The highest BCUT2D eigenvalue weighted by Gasteiger charge is 2.27. The van der Waals surface area contributed by atoms with E-state index in [-0.39, 0.29) is 36.4 Å². The SMILES string of the molecule is COc1ccc(S(=O)(=O)NCCS(=O)(=O)N2CCOC(C)C2)cc1C. The quantitative estimate of drug-likeness (QED) is 0.718. The average molecular weight is 392 g/mol. The number of nitrogens with one attached hydrogen (secondary N) is 1. The van der Waals surface area contributed by atoms with Crippen LogP contribution >= 0.6 is 0 Å². The van der Waals surface area contributed by atoms with Gasteiger partial charge >= 0.3 is 0 Å². The summed E-state index contributed by atoms with van der Waals surface area (Å²) < 4.78 is 63.4. The van der Waals surface area contributed by atoms with Crippen LogP contribution in [0.25, 0.3) is 0 Å². The molecule has 1 aromatic rings. The van der Waals surface area contributed by atoms with Gasteiger partial charge in [0, 0.05) is 19.6 Å². The van der Waals surface area contributed by atoms with Crippen LogP contribution in [0.4, 0.5) is 0 Å². The Morgan fingerprint density at radius 2 is 2.04 bits per heavy atom. The molecule has 8 nitrogen and oxygen atoms in total. The van der Waals surface area contributed by atoms with Gasteiger partial charge in [-0.3, -0.25) is 0 Å². The Labute approximate surface area is 149 Å². The Bertz CT molecular complexity index is 807. The number of morpholine rings is 1. The molecule has 25 heavy (non-hydrogen) atoms. The molecule has 0 saturated carbocycles. The van der Waals surface area contributed by atoms with Crippen molar-refractivity contribution < 1.29 is 26.3 Å². The topological polar surface area (TPSA) is 102 Å². The molecule has 1 fully saturated rings. The van der Waals surface area contributed by atoms with Crippen LogP contribution in [-0.4, -0.2) is 66.3 Å². The van der Waals surface area contributed by atoms with Crippen LogP contribution in [0.5, 0.6) is 5.75 Å². The largest absolute Gasteiger partial charge is 0.496 e. The molecule has 0 radical (unpaired) electrons. The second-order valence-electron chi connectivity index (χ2n) is 5.88. The van der Waals surface area contributed by atoms with Crippen LogP contribution in [-0.2, 0) is 24.8 Å². The summed E-state index contributed by atoms with van der Waals surface area (Å²) in [6.45, 7) is 4.26. The first kappa shape index (κ1) is 20.1. The minimum atomic E-state index is -3.78. The molecule has 2 rings (SSSR count). The molecule has 1 aliphatic rings. The van der Waals surface area contributed by atoms with Crippen molar-refractivity contribution in [3.8, 4) is 5.75 Å². The summed E-state index contributed by atoms with van der Waals surface area (Å²) in [7, 11) is -5.81. The Morgan fingerprint density at radius 3 is 2.64 bits per heavy atom. The van der Waals surface area contributed by atoms with Gasteiger partial charge in [0.1, 0.15) is 5.75 Å². The summed E-state index contributed by atoms with van der Waals surface area (Å²) in [4.78, 5) is 0.0724. The third kappa shape index (κ3) is 5.14. The van der Waals surface area contributed by atoms with Crippen LogP contribution in [0.1, 0.15) is 12.5 Å². The van der Waals surface area contributed by atoms with Gasteiger partial charge in [-0.15, -0.1) is 0 Å². The van der Waals surface area contributed by atoms with Crippen molar-refractivity contribution >= 4 is 20.0 Å². The lowest BCUT2D eigenvalue weighted by Crippen LogP contribution is -2.46. The number of sulfonamides is 2. The first-order valence-corrected chi connectivity index (χ1v) is 11.0. The van der Waals surface area contributed by atoms with E-state index in [1.165, 1.54) is 23.5 Å². The fourth-order valence-corrected chi connectivity index (χ4v) is 5.23. The van der Waals surface area contributed by atoms with E-state index < -0.39 is 20.0 Å². The van der Waals surface area contributed by atoms with Gasteiger partial charge < -0.3 is 9.47 Å². The van der Waals surface area contributed by atoms with Gasteiger partial charge in [-0.1, -0.05) is 0 Å². The molecule has 0 bridgehead atoms. The van der Waals surface area contributed by atoms with E-state index in [9.17, 15) is 16.8 Å². The smallest absolute Gasteiger partial charge is 0.240 e. The van der Waals surface area contributed by atoms with E-state index in [0.717, 1.165) is 0 Å². The number of hydrogen-bond donors (Lipinski definition) is 1. The molecule has 1 N–H and O–H groups in total. The van der Waals surface area contributed by atoms with Crippen molar-refractivity contribution in [2.24, 2.45) is 0 Å². The Kier molecular flexibility index (Phi) is 6.44. The predicted molar refractivity (Wildman–Crippen MR) is 93.7 cm³/mol. The molecule has 0 spiro atoms. The zero-order valence-electron chi connectivity index (χ0n) is 14.6. The zero-order valence-corrected chi connectivity index (χ0v) is 16.2. The summed E-state index contributed by atoms with van der Waals surface area (Å²) in [5.41, 5.74) is 0.681. The van der Waals surface area contributed by atoms with Crippen LogP contribution in [0.15, 0.2) is 23.1 Å². The third-order valence-corrected chi connectivity index (χ3v) is 7.22. The van der Waals surface area contributed by atoms with Crippen LogP contribution in [0.3, 0.4) is 0 Å². The number of hydrogen-bond acceptors (Lipinski definition) is 6. The maximum atomic E-state index is 12.3. The highest BCUT2D eigenvalue weighted by atomic mass is 32.2. The third-order valence-electron chi connectivity index (χ3n) is 3.93. The molecule has 1 saturated heterocycles. The van der Waals surface area contributed by atoms with Gasteiger partial charge in [-0.25, -0.2) is 21.6 Å².